The summed E-state index contributed by atoms with van der Waals surface area (Å²) in [6, 6.07) is 14.5. The zero-order valence-electron chi connectivity index (χ0n) is 15.0. The van der Waals surface area contributed by atoms with Gasteiger partial charge in [0.2, 0.25) is 5.91 Å². The fourth-order valence-corrected chi connectivity index (χ4v) is 4.01. The van der Waals surface area contributed by atoms with Gasteiger partial charge in [0, 0.05) is 41.3 Å². The summed E-state index contributed by atoms with van der Waals surface area (Å²) in [5, 5.41) is 4.24. The normalized spacial score (nSPS) is 15.8. The quantitative estimate of drug-likeness (QED) is 0.682. The van der Waals surface area contributed by atoms with Gasteiger partial charge in [-0.25, -0.2) is 0 Å². The van der Waals surface area contributed by atoms with Gasteiger partial charge in [0.1, 0.15) is 0 Å². The molecule has 0 saturated heterocycles. The number of halogens is 2. The summed E-state index contributed by atoms with van der Waals surface area (Å²) in [5.74, 6) is 0.0610. The van der Waals surface area contributed by atoms with Crippen LogP contribution < -0.4 is 10.2 Å². The Bertz CT molecular complexity index is 778. The lowest BCUT2D eigenvalue weighted by Crippen LogP contribution is -2.33. The molecule has 1 amide bonds. The van der Waals surface area contributed by atoms with Crippen LogP contribution in [0, 0.1) is 0 Å². The van der Waals surface area contributed by atoms with Crippen molar-refractivity contribution in [2.45, 2.75) is 38.6 Å². The molecule has 1 aliphatic rings. The Morgan fingerprint density at radius 3 is 2.85 bits per heavy atom. The third kappa shape index (κ3) is 4.72. The van der Waals surface area contributed by atoms with Gasteiger partial charge < -0.3 is 10.2 Å². The number of hydrogen-bond acceptors (Lipinski definition) is 2. The van der Waals surface area contributed by atoms with Crippen LogP contribution in [0.3, 0.4) is 0 Å². The molecule has 3 nitrogen and oxygen atoms in total. The number of benzene rings is 2. The molecule has 0 spiro atoms. The molecule has 138 valence electrons. The van der Waals surface area contributed by atoms with Crippen LogP contribution in [-0.4, -0.2) is 25.0 Å². The van der Waals surface area contributed by atoms with E-state index in [2.05, 4.69) is 41.4 Å². The van der Waals surface area contributed by atoms with Crippen LogP contribution in [0.15, 0.2) is 42.5 Å². The molecule has 0 fully saturated rings. The van der Waals surface area contributed by atoms with E-state index in [0.29, 0.717) is 35.5 Å². The van der Waals surface area contributed by atoms with E-state index >= 15 is 0 Å². The Kier molecular flexibility index (Phi) is 6.44. The number of hydrogen-bond donors (Lipinski definition) is 1. The average Bonchev–Trinajstić information content (AvgIpc) is 2.93. The van der Waals surface area contributed by atoms with Crippen molar-refractivity contribution in [3.05, 3.63) is 63.6 Å². The van der Waals surface area contributed by atoms with Crippen molar-refractivity contribution >= 4 is 34.8 Å². The number of nitrogens with zero attached hydrogens (tertiary/aromatic N) is 1. The Balaban J connectivity index is 1.39. The molecule has 0 aromatic heterocycles. The minimum Gasteiger partial charge on any atom is -0.368 e. The maximum atomic E-state index is 12.1. The van der Waals surface area contributed by atoms with Gasteiger partial charge >= 0.3 is 0 Å². The van der Waals surface area contributed by atoms with E-state index in [0.717, 1.165) is 24.9 Å². The molecule has 26 heavy (non-hydrogen) atoms. The summed E-state index contributed by atoms with van der Waals surface area (Å²) in [6.07, 6.45) is 3.10. The number of aryl methyl sites for hydroxylation is 1. The van der Waals surface area contributed by atoms with Crippen molar-refractivity contribution in [1.29, 1.82) is 0 Å². The second-order valence-electron chi connectivity index (χ2n) is 6.81. The summed E-state index contributed by atoms with van der Waals surface area (Å²) in [6.45, 7) is 3.91. The van der Waals surface area contributed by atoms with Crippen LogP contribution in [0.4, 0.5) is 5.69 Å². The van der Waals surface area contributed by atoms with Crippen molar-refractivity contribution in [3.8, 4) is 0 Å². The maximum Gasteiger partial charge on any atom is 0.220 e. The van der Waals surface area contributed by atoms with E-state index in [-0.39, 0.29) is 5.91 Å². The Hall–Kier alpha value is -1.71. The van der Waals surface area contributed by atoms with E-state index in [9.17, 15) is 4.79 Å². The lowest BCUT2D eigenvalue weighted by molar-refractivity contribution is -0.121. The molecule has 1 aliphatic heterocycles. The number of anilines is 1. The van der Waals surface area contributed by atoms with Crippen LogP contribution in [0.5, 0.6) is 0 Å². The summed E-state index contributed by atoms with van der Waals surface area (Å²) in [7, 11) is 0. The third-order valence-electron chi connectivity index (χ3n) is 4.88. The monoisotopic (exact) mass is 390 g/mol. The van der Waals surface area contributed by atoms with E-state index in [1.54, 1.807) is 12.1 Å². The smallest absolute Gasteiger partial charge is 0.220 e. The molecular formula is C21H24Cl2N2O. The van der Waals surface area contributed by atoms with E-state index in [1.807, 2.05) is 6.07 Å². The fourth-order valence-electron chi connectivity index (χ4n) is 3.51. The molecule has 5 heteroatoms. The van der Waals surface area contributed by atoms with Gasteiger partial charge in [-0.3, -0.25) is 4.79 Å². The maximum absolute atomic E-state index is 12.1. The SMILES string of the molecule is C[C@H]1Cc2ccccc2N1CCCNC(=O)CCc1ccc(Cl)cc1Cl. The molecule has 0 unspecified atom stereocenters. The highest BCUT2D eigenvalue weighted by atomic mass is 35.5. The largest absolute Gasteiger partial charge is 0.368 e. The van der Waals surface area contributed by atoms with Crippen molar-refractivity contribution in [2.75, 3.05) is 18.0 Å². The number of nitrogens with one attached hydrogen (secondary N) is 1. The second kappa shape index (κ2) is 8.79. The van der Waals surface area contributed by atoms with Crippen LogP contribution in [0.25, 0.3) is 0 Å². The molecule has 2 aromatic rings. The Morgan fingerprint density at radius 2 is 2.04 bits per heavy atom. The summed E-state index contributed by atoms with van der Waals surface area (Å²) < 4.78 is 0. The first-order valence-corrected chi connectivity index (χ1v) is 9.85. The predicted octanol–water partition coefficient (Wildman–Crippen LogP) is 4.88. The minimum atomic E-state index is 0.0610. The van der Waals surface area contributed by atoms with Crippen LogP contribution in [-0.2, 0) is 17.6 Å². The number of para-hydroxylation sites is 1. The number of carbonyl (C=O) groups is 1. The molecule has 1 atom stereocenters. The van der Waals surface area contributed by atoms with Gasteiger partial charge in [-0.2, -0.15) is 0 Å². The first-order valence-electron chi connectivity index (χ1n) is 9.10. The van der Waals surface area contributed by atoms with Crippen molar-refractivity contribution in [2.24, 2.45) is 0 Å². The van der Waals surface area contributed by atoms with Crippen LogP contribution in [0.2, 0.25) is 10.0 Å². The van der Waals surface area contributed by atoms with Gasteiger partial charge in [0.15, 0.2) is 0 Å². The topological polar surface area (TPSA) is 32.3 Å². The lowest BCUT2D eigenvalue weighted by atomic mass is 10.1. The number of amides is 1. The number of carbonyl (C=O) groups excluding carboxylic acids is 1. The second-order valence-corrected chi connectivity index (χ2v) is 7.66. The summed E-state index contributed by atoms with van der Waals surface area (Å²) in [5.41, 5.74) is 3.71. The minimum absolute atomic E-state index is 0.0610. The number of fused-ring (bicyclic) bond motifs is 1. The van der Waals surface area contributed by atoms with Crippen molar-refractivity contribution in [1.82, 2.24) is 5.32 Å². The van der Waals surface area contributed by atoms with E-state index in [4.69, 9.17) is 23.2 Å². The highest BCUT2D eigenvalue weighted by molar-refractivity contribution is 6.35. The standard InChI is InChI=1S/C21H24Cl2N2O/c1-15-13-17-5-2-3-6-20(17)25(15)12-4-11-24-21(26)10-8-16-7-9-18(22)14-19(16)23/h2-3,5-7,9,14-15H,4,8,10-13H2,1H3,(H,24,26)/t15-/m0/s1. The Labute approximate surface area is 165 Å². The highest BCUT2D eigenvalue weighted by Gasteiger charge is 2.24. The lowest BCUT2D eigenvalue weighted by Gasteiger charge is -2.24. The first-order chi connectivity index (χ1) is 12.5. The zero-order chi connectivity index (χ0) is 18.5. The molecule has 3 rings (SSSR count). The summed E-state index contributed by atoms with van der Waals surface area (Å²) >= 11 is 12.0. The predicted molar refractivity (Wildman–Crippen MR) is 109 cm³/mol. The summed E-state index contributed by atoms with van der Waals surface area (Å²) in [4.78, 5) is 14.5. The molecule has 2 aromatic carbocycles. The Morgan fingerprint density at radius 1 is 1.23 bits per heavy atom. The van der Waals surface area contributed by atoms with Gasteiger partial charge in [-0.1, -0.05) is 47.5 Å². The van der Waals surface area contributed by atoms with Crippen molar-refractivity contribution in [3.63, 3.8) is 0 Å². The highest BCUT2D eigenvalue weighted by Crippen LogP contribution is 2.31. The van der Waals surface area contributed by atoms with Crippen LogP contribution in [0.1, 0.15) is 30.9 Å². The van der Waals surface area contributed by atoms with E-state index < -0.39 is 0 Å². The first kappa shape index (κ1) is 19.1. The van der Waals surface area contributed by atoms with Gasteiger partial charge in [0.05, 0.1) is 0 Å². The molecule has 1 heterocycles. The average molecular weight is 391 g/mol. The van der Waals surface area contributed by atoms with Gasteiger partial charge in [-0.05, 0) is 55.5 Å². The van der Waals surface area contributed by atoms with Crippen molar-refractivity contribution < 1.29 is 4.79 Å². The zero-order valence-corrected chi connectivity index (χ0v) is 16.5. The van der Waals surface area contributed by atoms with E-state index in [1.165, 1.54) is 11.3 Å². The molecule has 0 aliphatic carbocycles. The van der Waals surface area contributed by atoms with Gasteiger partial charge in [0.25, 0.3) is 0 Å². The number of rotatable bonds is 7. The van der Waals surface area contributed by atoms with Gasteiger partial charge in [-0.15, -0.1) is 0 Å². The molecule has 1 N–H and O–H groups in total. The molecule has 0 radical (unpaired) electrons. The molecular weight excluding hydrogens is 367 g/mol. The molecule has 0 saturated carbocycles. The van der Waals surface area contributed by atoms with Crippen LogP contribution >= 0.6 is 23.2 Å². The third-order valence-corrected chi connectivity index (χ3v) is 5.47. The fraction of sp³-hybridized carbons (Fsp3) is 0.381. The molecule has 0 bridgehead atoms.